The number of ether oxygens (including phenoxy) is 2. The highest BCUT2D eigenvalue weighted by Gasteiger charge is 2.45. The molecule has 6 heterocycles. The van der Waals surface area contributed by atoms with Gasteiger partial charge in [-0.1, -0.05) is 17.7 Å². The molecule has 3 saturated heterocycles. The Kier molecular flexibility index (Phi) is 9.30. The highest BCUT2D eigenvalue weighted by Crippen LogP contribution is 2.38. The van der Waals surface area contributed by atoms with E-state index >= 15 is 4.39 Å². The summed E-state index contributed by atoms with van der Waals surface area (Å²) in [5.41, 5.74) is 7.19. The fourth-order valence-electron chi connectivity index (χ4n) is 6.40. The monoisotopic (exact) mass is 698 g/mol. The lowest BCUT2D eigenvalue weighted by Crippen LogP contribution is -2.52. The largest absolute Gasteiger partial charge is 0.471 e. The molecule has 7 rings (SSSR count). The van der Waals surface area contributed by atoms with Crippen molar-refractivity contribution in [2.45, 2.75) is 62.3 Å². The molecule has 4 aliphatic heterocycles. The lowest BCUT2D eigenvalue weighted by atomic mass is 9.91. The van der Waals surface area contributed by atoms with Gasteiger partial charge < -0.3 is 19.7 Å². The summed E-state index contributed by atoms with van der Waals surface area (Å²) in [6.45, 7) is 2.04. The fourth-order valence-corrected chi connectivity index (χ4v) is 6.56. The van der Waals surface area contributed by atoms with E-state index in [1.54, 1.807) is 12.3 Å². The minimum atomic E-state index is -4.48. The fraction of sp³-hybridized carbons (Fsp3) is 0.484. The molecular weight excluding hydrogens is 666 g/mol. The van der Waals surface area contributed by atoms with Crippen LogP contribution in [0.5, 0.6) is 5.88 Å². The number of fused-ring (bicyclic) bond motifs is 1. The molecule has 0 aliphatic carbocycles. The van der Waals surface area contributed by atoms with E-state index in [1.807, 2.05) is 4.90 Å². The van der Waals surface area contributed by atoms with E-state index in [0.717, 1.165) is 18.2 Å². The van der Waals surface area contributed by atoms with Crippen LogP contribution in [0, 0.1) is 11.6 Å². The molecule has 0 saturated carbocycles. The van der Waals surface area contributed by atoms with Gasteiger partial charge in [0, 0.05) is 42.7 Å². The number of nitrogens with zero attached hydrogens (tertiary/aromatic N) is 4. The van der Waals surface area contributed by atoms with E-state index in [0.29, 0.717) is 49.7 Å². The van der Waals surface area contributed by atoms with Crippen LogP contribution in [-0.4, -0.2) is 78.4 Å². The first-order valence-electron chi connectivity index (χ1n) is 15.6. The molecule has 3 aromatic rings. The Hall–Kier alpha value is -3.41. The number of halogens is 7. The van der Waals surface area contributed by atoms with E-state index in [9.17, 15) is 22.0 Å². The molecule has 6 atom stereocenters. The molecule has 4 N–H and O–H groups in total. The van der Waals surface area contributed by atoms with E-state index in [1.165, 1.54) is 24.3 Å². The number of hydrogen-bond acceptors (Lipinski definition) is 10. The van der Waals surface area contributed by atoms with Crippen molar-refractivity contribution < 1.29 is 35.8 Å². The normalized spacial score (nSPS) is 27.4. The zero-order chi connectivity index (χ0) is 33.6. The van der Waals surface area contributed by atoms with Crippen LogP contribution < -0.4 is 31.1 Å². The lowest BCUT2D eigenvalue weighted by molar-refractivity contribution is -0.158. The van der Waals surface area contributed by atoms with Crippen molar-refractivity contribution in [1.82, 2.24) is 31.0 Å². The number of pyridine rings is 2. The van der Waals surface area contributed by atoms with E-state index < -0.39 is 42.2 Å². The smallest absolute Gasteiger partial charge is 0.418 e. The number of alkyl halides is 4. The van der Waals surface area contributed by atoms with Gasteiger partial charge in [-0.3, -0.25) is 15.2 Å². The van der Waals surface area contributed by atoms with Gasteiger partial charge >= 0.3 is 6.18 Å². The van der Waals surface area contributed by atoms with Crippen molar-refractivity contribution in [2.24, 2.45) is 0 Å². The molecule has 0 spiro atoms. The van der Waals surface area contributed by atoms with Gasteiger partial charge in [0.25, 0.3) is 5.88 Å². The van der Waals surface area contributed by atoms with Gasteiger partial charge in [-0.05, 0) is 49.7 Å². The van der Waals surface area contributed by atoms with Crippen molar-refractivity contribution in [2.75, 3.05) is 43.0 Å². The van der Waals surface area contributed by atoms with Crippen molar-refractivity contribution in [3.8, 4) is 5.88 Å². The first-order valence-corrected chi connectivity index (χ1v) is 16.0. The van der Waals surface area contributed by atoms with Crippen LogP contribution in [0.25, 0.3) is 0 Å². The number of piperidine rings is 1. The predicted molar refractivity (Wildman–Crippen MR) is 164 cm³/mol. The number of benzene rings is 1. The van der Waals surface area contributed by atoms with Crippen LogP contribution in [-0.2, 0) is 11.3 Å². The SMILES string of the molecule is Fc1cc(Cl)ccc1COc1nc(C2CCN(CC3Nc4cc(C5NNC(C(F)(F)F)N5)ncc4N3CC3CCO3)CC2F)ccc1F. The van der Waals surface area contributed by atoms with E-state index in [2.05, 4.69) is 36.4 Å². The van der Waals surface area contributed by atoms with Crippen molar-refractivity contribution in [1.29, 1.82) is 0 Å². The molecule has 1 aromatic carbocycles. The molecule has 0 bridgehead atoms. The Morgan fingerprint density at radius 1 is 1.02 bits per heavy atom. The van der Waals surface area contributed by atoms with Gasteiger partial charge in [-0.25, -0.2) is 29.0 Å². The van der Waals surface area contributed by atoms with Crippen LogP contribution in [0.4, 0.5) is 37.7 Å². The second kappa shape index (κ2) is 13.5. The average Bonchev–Trinajstić information content (AvgIpc) is 3.65. The van der Waals surface area contributed by atoms with Crippen LogP contribution in [0.2, 0.25) is 5.02 Å². The minimum Gasteiger partial charge on any atom is -0.471 e. The third-order valence-corrected chi connectivity index (χ3v) is 9.32. The standard InChI is InChI=1S/C31H33ClF6N8O2/c32-17-2-1-16(21(34)9-17)15-48-29-20(33)3-4-23(41-29)19-5-7-45(13-22(19)35)14-27-40-24-10-25(28-42-30(44-43-28)31(36,37)38)39-11-26(24)46(27)12-18-6-8-47-18/h1-4,9-11,18-19,22,27-28,30,40,42-44H,5-8,12-15H2. The van der Waals surface area contributed by atoms with Gasteiger partial charge in [0.05, 0.1) is 35.1 Å². The zero-order valence-corrected chi connectivity index (χ0v) is 26.2. The van der Waals surface area contributed by atoms with Crippen LogP contribution in [0.15, 0.2) is 42.6 Å². The number of anilines is 2. The average molecular weight is 699 g/mol. The topological polar surface area (TPSA) is 98.8 Å². The Bertz CT molecular complexity index is 1630. The highest BCUT2D eigenvalue weighted by atomic mass is 35.5. The number of rotatable bonds is 9. The maximum atomic E-state index is 15.8. The molecule has 258 valence electrons. The van der Waals surface area contributed by atoms with Gasteiger partial charge in [0.1, 0.15) is 30.9 Å². The summed E-state index contributed by atoms with van der Waals surface area (Å²) >= 11 is 5.80. The van der Waals surface area contributed by atoms with Crippen molar-refractivity contribution >= 4 is 23.0 Å². The Morgan fingerprint density at radius 3 is 2.56 bits per heavy atom. The van der Waals surface area contributed by atoms with Crippen LogP contribution in [0.1, 0.15) is 41.9 Å². The molecule has 17 heteroatoms. The summed E-state index contributed by atoms with van der Waals surface area (Å²) in [5.74, 6) is -2.27. The molecule has 6 unspecified atom stereocenters. The zero-order valence-electron chi connectivity index (χ0n) is 25.4. The summed E-state index contributed by atoms with van der Waals surface area (Å²) in [4.78, 5) is 12.8. The molecule has 48 heavy (non-hydrogen) atoms. The van der Waals surface area contributed by atoms with Gasteiger partial charge in [-0.15, -0.1) is 0 Å². The highest BCUT2D eigenvalue weighted by molar-refractivity contribution is 6.30. The van der Waals surface area contributed by atoms with Crippen molar-refractivity contribution in [3.63, 3.8) is 0 Å². The Balaban J connectivity index is 1.00. The second-order valence-electron chi connectivity index (χ2n) is 12.3. The molecule has 0 amide bonds. The lowest BCUT2D eigenvalue weighted by Gasteiger charge is -2.39. The molecule has 3 fully saturated rings. The van der Waals surface area contributed by atoms with Gasteiger partial charge in [-0.2, -0.15) is 13.2 Å². The third-order valence-electron chi connectivity index (χ3n) is 9.09. The number of likely N-dealkylation sites (tertiary alicyclic amines) is 1. The van der Waals surface area contributed by atoms with Crippen LogP contribution in [0.3, 0.4) is 0 Å². The number of nitrogens with one attached hydrogen (secondary N) is 4. The molecule has 0 radical (unpaired) electrons. The molecule has 2 aromatic heterocycles. The van der Waals surface area contributed by atoms with Gasteiger partial charge in [0.15, 0.2) is 12.0 Å². The minimum absolute atomic E-state index is 0.0200. The second-order valence-corrected chi connectivity index (χ2v) is 12.7. The first-order chi connectivity index (χ1) is 23.0. The van der Waals surface area contributed by atoms with Crippen LogP contribution >= 0.6 is 11.6 Å². The van der Waals surface area contributed by atoms with E-state index in [-0.39, 0.29) is 41.9 Å². The Morgan fingerprint density at radius 2 is 1.85 bits per heavy atom. The van der Waals surface area contributed by atoms with Crippen molar-refractivity contribution in [3.05, 3.63) is 76.2 Å². The van der Waals surface area contributed by atoms with E-state index in [4.69, 9.17) is 21.1 Å². The maximum Gasteiger partial charge on any atom is 0.418 e. The summed E-state index contributed by atoms with van der Waals surface area (Å²) < 4.78 is 95.1. The number of aromatic nitrogens is 2. The Labute approximate surface area is 277 Å². The number of hydrazine groups is 1. The predicted octanol–water partition coefficient (Wildman–Crippen LogP) is 4.75. The quantitative estimate of drug-likeness (QED) is 0.235. The third kappa shape index (κ3) is 7.00. The summed E-state index contributed by atoms with van der Waals surface area (Å²) in [6, 6.07) is 8.40. The number of hydrogen-bond donors (Lipinski definition) is 4. The summed E-state index contributed by atoms with van der Waals surface area (Å²) in [5, 5.41) is 6.13. The molecular formula is C31H33ClF6N8O2. The maximum absolute atomic E-state index is 15.8. The molecule has 10 nitrogen and oxygen atoms in total. The summed E-state index contributed by atoms with van der Waals surface area (Å²) in [7, 11) is 0. The van der Waals surface area contributed by atoms with Gasteiger partial charge in [0.2, 0.25) is 0 Å². The molecule has 4 aliphatic rings. The summed E-state index contributed by atoms with van der Waals surface area (Å²) in [6.07, 6.45) is -5.88. The first kappa shape index (κ1) is 33.1.